The normalized spacial score (nSPS) is 10.4. The molecule has 0 aliphatic heterocycles. The molecule has 0 fully saturated rings. The molecule has 0 bridgehead atoms. The van der Waals surface area contributed by atoms with Gasteiger partial charge in [-0.1, -0.05) is 45.4 Å². The smallest absolute Gasteiger partial charge is 0.198 e. The Morgan fingerprint density at radius 1 is 0.824 bits per heavy atom. The molecule has 0 unspecified atom stereocenters. The third-order valence-corrected chi connectivity index (χ3v) is 3.04. The molecule has 0 aliphatic rings. The van der Waals surface area contributed by atoms with Crippen LogP contribution in [0.3, 0.4) is 0 Å². The van der Waals surface area contributed by atoms with E-state index in [1.165, 1.54) is 19.3 Å². The molecule has 17 heavy (non-hydrogen) atoms. The molecule has 0 spiro atoms. The third-order valence-electron chi connectivity index (χ3n) is 3.04. The van der Waals surface area contributed by atoms with Crippen molar-refractivity contribution in [2.75, 3.05) is 0 Å². The van der Waals surface area contributed by atoms with Crippen molar-refractivity contribution in [1.82, 2.24) is 0 Å². The molecule has 0 saturated heterocycles. The van der Waals surface area contributed by atoms with Crippen molar-refractivity contribution in [3.63, 3.8) is 0 Å². The fourth-order valence-corrected chi connectivity index (χ4v) is 1.92. The molecule has 0 heterocycles. The maximum atomic E-state index is 11.5. The van der Waals surface area contributed by atoms with E-state index >= 15 is 0 Å². The van der Waals surface area contributed by atoms with Gasteiger partial charge in [0.05, 0.1) is 0 Å². The van der Waals surface area contributed by atoms with Crippen LogP contribution in [0.1, 0.15) is 84.0 Å². The molecule has 0 aromatic carbocycles. The lowest BCUT2D eigenvalue weighted by Gasteiger charge is -2.01. The SMILES string of the molecule is CCCCCCC(=O)CCCCCCC[C]=O. The lowest BCUT2D eigenvalue weighted by atomic mass is 10.0. The molecule has 99 valence electrons. The summed E-state index contributed by atoms with van der Waals surface area (Å²) in [4.78, 5) is 21.5. The first-order valence-corrected chi connectivity index (χ1v) is 7.18. The van der Waals surface area contributed by atoms with Crippen molar-refractivity contribution in [2.24, 2.45) is 0 Å². The van der Waals surface area contributed by atoms with E-state index in [0.717, 1.165) is 51.4 Å². The largest absolute Gasteiger partial charge is 0.300 e. The molecule has 1 radical (unpaired) electrons. The standard InChI is InChI=1S/C15H27O2/c1-2-3-4-9-12-15(17)13-10-7-5-6-8-11-14-16/h2-13H2,1H3. The van der Waals surface area contributed by atoms with Crippen LogP contribution in [0.4, 0.5) is 0 Å². The first-order chi connectivity index (χ1) is 8.31. The van der Waals surface area contributed by atoms with Crippen LogP contribution in [-0.2, 0) is 9.59 Å². The Hall–Kier alpha value is -0.660. The molecule has 0 N–H and O–H groups in total. The van der Waals surface area contributed by atoms with E-state index in [4.69, 9.17) is 0 Å². The first-order valence-electron chi connectivity index (χ1n) is 7.18. The van der Waals surface area contributed by atoms with Gasteiger partial charge < -0.3 is 0 Å². The third kappa shape index (κ3) is 13.3. The monoisotopic (exact) mass is 239 g/mol. The van der Waals surface area contributed by atoms with E-state index in [1.54, 1.807) is 0 Å². The second-order valence-electron chi connectivity index (χ2n) is 4.76. The zero-order valence-corrected chi connectivity index (χ0v) is 11.3. The average molecular weight is 239 g/mol. The molecule has 0 atom stereocenters. The number of unbranched alkanes of at least 4 members (excludes halogenated alkanes) is 8. The summed E-state index contributed by atoms with van der Waals surface area (Å²) >= 11 is 0. The zero-order valence-electron chi connectivity index (χ0n) is 11.3. The summed E-state index contributed by atoms with van der Waals surface area (Å²) in [6, 6.07) is 0. The molecule has 0 saturated carbocycles. The lowest BCUT2D eigenvalue weighted by molar-refractivity contribution is -0.119. The molecule has 0 amide bonds. The van der Waals surface area contributed by atoms with Crippen molar-refractivity contribution in [3.05, 3.63) is 0 Å². The minimum atomic E-state index is 0.433. The first kappa shape index (κ1) is 16.3. The summed E-state index contributed by atoms with van der Waals surface area (Å²) in [5, 5.41) is 0. The Kier molecular flexibility index (Phi) is 12.9. The van der Waals surface area contributed by atoms with Gasteiger partial charge in [0.1, 0.15) is 5.78 Å². The number of ketones is 1. The molecule has 0 aliphatic carbocycles. The number of Topliss-reactive ketones (excluding diaryl/α,β-unsaturated/α-hetero) is 1. The van der Waals surface area contributed by atoms with Crippen LogP contribution in [0.5, 0.6) is 0 Å². The van der Waals surface area contributed by atoms with E-state index in [1.807, 2.05) is 6.29 Å². The minimum absolute atomic E-state index is 0.433. The van der Waals surface area contributed by atoms with Crippen molar-refractivity contribution in [1.29, 1.82) is 0 Å². The van der Waals surface area contributed by atoms with Gasteiger partial charge in [-0.05, 0) is 19.3 Å². The Labute approximate surface area is 106 Å². The number of hydrogen-bond acceptors (Lipinski definition) is 2. The zero-order chi connectivity index (χ0) is 12.8. The highest BCUT2D eigenvalue weighted by Crippen LogP contribution is 2.10. The maximum Gasteiger partial charge on any atom is 0.198 e. The lowest BCUT2D eigenvalue weighted by Crippen LogP contribution is -1.97. The highest BCUT2D eigenvalue weighted by atomic mass is 16.1. The van der Waals surface area contributed by atoms with E-state index in [9.17, 15) is 9.59 Å². The Bertz CT molecular complexity index is 187. The summed E-state index contributed by atoms with van der Waals surface area (Å²) < 4.78 is 0. The van der Waals surface area contributed by atoms with Gasteiger partial charge in [0.15, 0.2) is 6.29 Å². The summed E-state index contributed by atoms with van der Waals surface area (Å²) in [5.41, 5.74) is 0. The maximum absolute atomic E-state index is 11.5. The summed E-state index contributed by atoms with van der Waals surface area (Å²) in [6.07, 6.45) is 14.1. The summed E-state index contributed by atoms with van der Waals surface area (Å²) in [5.74, 6) is 0.433. The van der Waals surface area contributed by atoms with Gasteiger partial charge >= 0.3 is 0 Å². The number of rotatable bonds is 13. The second kappa shape index (κ2) is 13.4. The van der Waals surface area contributed by atoms with Gasteiger partial charge in [-0.2, -0.15) is 0 Å². The predicted octanol–water partition coefficient (Wildman–Crippen LogP) is 4.37. The van der Waals surface area contributed by atoms with Crippen molar-refractivity contribution in [3.8, 4) is 0 Å². The molecular formula is C15H27O2. The molecule has 2 nitrogen and oxygen atoms in total. The van der Waals surface area contributed by atoms with E-state index < -0.39 is 0 Å². The Morgan fingerprint density at radius 2 is 1.35 bits per heavy atom. The Balaban J connectivity index is 3.13. The highest BCUT2D eigenvalue weighted by molar-refractivity contribution is 5.78. The predicted molar refractivity (Wildman–Crippen MR) is 71.8 cm³/mol. The van der Waals surface area contributed by atoms with Gasteiger partial charge in [0.2, 0.25) is 0 Å². The second-order valence-corrected chi connectivity index (χ2v) is 4.76. The van der Waals surface area contributed by atoms with E-state index in [-0.39, 0.29) is 0 Å². The van der Waals surface area contributed by atoms with Crippen LogP contribution in [0, 0.1) is 0 Å². The fourth-order valence-electron chi connectivity index (χ4n) is 1.92. The quantitative estimate of drug-likeness (QED) is 0.447. The van der Waals surface area contributed by atoms with Crippen molar-refractivity contribution >= 4 is 12.1 Å². The van der Waals surface area contributed by atoms with E-state index in [0.29, 0.717) is 12.2 Å². The van der Waals surface area contributed by atoms with Crippen LogP contribution in [0.25, 0.3) is 0 Å². The topological polar surface area (TPSA) is 34.1 Å². The van der Waals surface area contributed by atoms with Crippen LogP contribution in [0.2, 0.25) is 0 Å². The molecule has 0 aromatic heterocycles. The van der Waals surface area contributed by atoms with Crippen LogP contribution in [0.15, 0.2) is 0 Å². The van der Waals surface area contributed by atoms with Gasteiger partial charge in [0.25, 0.3) is 0 Å². The van der Waals surface area contributed by atoms with Gasteiger partial charge in [0, 0.05) is 19.3 Å². The summed E-state index contributed by atoms with van der Waals surface area (Å²) in [6.45, 7) is 2.18. The summed E-state index contributed by atoms with van der Waals surface area (Å²) in [7, 11) is 0. The van der Waals surface area contributed by atoms with Crippen LogP contribution in [-0.4, -0.2) is 12.1 Å². The van der Waals surface area contributed by atoms with Gasteiger partial charge in [-0.3, -0.25) is 9.59 Å². The number of carbonyl (C=O) groups is 1. The van der Waals surface area contributed by atoms with Crippen LogP contribution >= 0.6 is 0 Å². The number of carbonyl (C=O) groups excluding carboxylic acids is 2. The van der Waals surface area contributed by atoms with Crippen LogP contribution < -0.4 is 0 Å². The number of hydrogen-bond donors (Lipinski definition) is 0. The van der Waals surface area contributed by atoms with Crippen molar-refractivity contribution in [2.45, 2.75) is 84.0 Å². The highest BCUT2D eigenvalue weighted by Gasteiger charge is 2.01. The molecular weight excluding hydrogens is 212 g/mol. The minimum Gasteiger partial charge on any atom is -0.300 e. The van der Waals surface area contributed by atoms with Gasteiger partial charge in [-0.25, -0.2) is 0 Å². The molecule has 0 aromatic rings. The fraction of sp³-hybridized carbons (Fsp3) is 0.867. The van der Waals surface area contributed by atoms with Gasteiger partial charge in [-0.15, -0.1) is 0 Å². The Morgan fingerprint density at radius 3 is 1.94 bits per heavy atom. The average Bonchev–Trinajstić information content (AvgIpc) is 2.33. The molecule has 2 heteroatoms. The van der Waals surface area contributed by atoms with Crippen molar-refractivity contribution < 1.29 is 9.59 Å². The van der Waals surface area contributed by atoms with E-state index in [2.05, 4.69) is 6.92 Å². The molecule has 0 rings (SSSR count).